The first kappa shape index (κ1) is 18.4. The Morgan fingerprint density at radius 1 is 1.23 bits per heavy atom. The van der Waals surface area contributed by atoms with E-state index in [4.69, 9.17) is 10.00 Å². The lowest BCUT2D eigenvalue weighted by Gasteiger charge is -2.16. The number of nitrogens with zero attached hydrogens (tertiary/aromatic N) is 1. The lowest BCUT2D eigenvalue weighted by Crippen LogP contribution is -2.27. The fraction of sp³-hybridized carbons (Fsp3) is 0.188. The van der Waals surface area contributed by atoms with E-state index >= 15 is 0 Å². The van der Waals surface area contributed by atoms with Crippen LogP contribution >= 0.6 is 0 Å². The zero-order valence-electron chi connectivity index (χ0n) is 12.5. The highest BCUT2D eigenvalue weighted by Crippen LogP contribution is 2.55. The van der Waals surface area contributed by atoms with E-state index in [-0.39, 0.29) is 11.3 Å². The van der Waals surface area contributed by atoms with Gasteiger partial charge in [-0.25, -0.2) is 17.6 Å². The third-order valence-corrected chi connectivity index (χ3v) is 5.16. The fourth-order valence-corrected chi connectivity index (χ4v) is 3.89. The summed E-state index contributed by atoms with van der Waals surface area (Å²) in [5, 5.41) is 4.44. The molecule has 0 fully saturated rings. The largest absolute Gasteiger partial charge is 0.607 e. The van der Waals surface area contributed by atoms with Gasteiger partial charge in [-0.1, -0.05) is 0 Å². The number of benzene rings is 2. The maximum Gasteiger partial charge on any atom is 0.447 e. The normalized spacial score (nSPS) is 20.7. The Balaban J connectivity index is 2.13. The van der Waals surface area contributed by atoms with E-state index in [0.29, 0.717) is 0 Å². The number of hydrogen-bond acceptors (Lipinski definition) is 3. The minimum atomic E-state index is -4.35. The second-order valence-corrected chi connectivity index (χ2v) is 6.77. The molecule has 3 nitrogen and oxygen atoms in total. The van der Waals surface area contributed by atoms with Crippen LogP contribution < -0.4 is 4.74 Å². The van der Waals surface area contributed by atoms with Gasteiger partial charge in [-0.05, 0) is 24.3 Å². The zero-order valence-corrected chi connectivity index (χ0v) is 13.3. The van der Waals surface area contributed by atoms with Crippen LogP contribution in [-0.2, 0) is 11.2 Å². The van der Waals surface area contributed by atoms with E-state index in [1.165, 1.54) is 0 Å². The first-order chi connectivity index (χ1) is 12.2. The minimum Gasteiger partial charge on any atom is -0.607 e. The Morgan fingerprint density at radius 2 is 1.92 bits per heavy atom. The van der Waals surface area contributed by atoms with E-state index in [9.17, 15) is 30.9 Å². The lowest BCUT2D eigenvalue weighted by molar-refractivity contribution is 0.0102. The molecule has 1 aliphatic rings. The van der Waals surface area contributed by atoms with Crippen molar-refractivity contribution in [1.29, 1.82) is 5.26 Å². The van der Waals surface area contributed by atoms with E-state index in [1.54, 1.807) is 6.07 Å². The van der Waals surface area contributed by atoms with Gasteiger partial charge in [0.05, 0.1) is 28.4 Å². The fourth-order valence-electron chi connectivity index (χ4n) is 2.52. The molecule has 0 bridgehead atoms. The number of ether oxygens (including phenoxy) is 1. The molecule has 1 heterocycles. The van der Waals surface area contributed by atoms with Crippen molar-refractivity contribution in [1.82, 2.24) is 0 Å². The molecule has 26 heavy (non-hydrogen) atoms. The second kappa shape index (κ2) is 6.41. The van der Waals surface area contributed by atoms with Crippen LogP contribution in [0.15, 0.2) is 35.2 Å². The van der Waals surface area contributed by atoms with E-state index in [0.717, 1.165) is 30.3 Å². The van der Waals surface area contributed by atoms with Crippen molar-refractivity contribution in [3.8, 4) is 17.6 Å². The molecular formula is C16H7F6NO2S. The maximum atomic E-state index is 13.8. The van der Waals surface area contributed by atoms with Crippen LogP contribution in [0.5, 0.6) is 11.5 Å². The summed E-state index contributed by atoms with van der Waals surface area (Å²) in [4.78, 5) is -1.04. The summed E-state index contributed by atoms with van der Waals surface area (Å²) < 4.78 is 98.3. The monoisotopic (exact) mass is 391 g/mol. The van der Waals surface area contributed by atoms with Crippen molar-refractivity contribution in [2.75, 3.05) is 0 Å². The average molecular weight is 391 g/mol. The third kappa shape index (κ3) is 2.87. The maximum absolute atomic E-state index is 13.8. The molecule has 0 aromatic heterocycles. The highest BCUT2D eigenvalue weighted by atomic mass is 32.2. The third-order valence-electron chi connectivity index (χ3n) is 3.63. The van der Waals surface area contributed by atoms with E-state index in [2.05, 4.69) is 0 Å². The summed E-state index contributed by atoms with van der Waals surface area (Å²) in [6.07, 6.45) is -6.40. The van der Waals surface area contributed by atoms with Gasteiger partial charge in [0.1, 0.15) is 22.9 Å². The van der Waals surface area contributed by atoms with Gasteiger partial charge in [0.25, 0.3) is 6.43 Å². The molecule has 2 atom stereocenters. The Bertz CT molecular complexity index is 914. The van der Waals surface area contributed by atoms with Gasteiger partial charge in [0.2, 0.25) is 6.17 Å². The molecule has 0 unspecified atom stereocenters. The number of alkyl halides is 5. The molecule has 3 rings (SSSR count). The predicted octanol–water partition coefficient (Wildman–Crippen LogP) is 5.15. The van der Waals surface area contributed by atoms with Crippen LogP contribution in [0.2, 0.25) is 0 Å². The molecule has 0 N–H and O–H groups in total. The zero-order chi connectivity index (χ0) is 19.2. The van der Waals surface area contributed by atoms with E-state index < -0.39 is 56.6 Å². The minimum absolute atomic E-state index is 0.168. The van der Waals surface area contributed by atoms with Crippen molar-refractivity contribution in [3.63, 3.8) is 0 Å². The molecule has 2 aromatic carbocycles. The molecule has 0 amide bonds. The quantitative estimate of drug-likeness (QED) is 0.537. The van der Waals surface area contributed by atoms with Crippen molar-refractivity contribution in [3.05, 3.63) is 52.8 Å². The van der Waals surface area contributed by atoms with Crippen molar-refractivity contribution >= 4 is 11.2 Å². The number of rotatable bonds is 3. The molecule has 1 aliphatic heterocycles. The molecule has 0 spiro atoms. The summed E-state index contributed by atoms with van der Waals surface area (Å²) in [5.41, 5.74) is -2.14. The topological polar surface area (TPSA) is 56.1 Å². The van der Waals surface area contributed by atoms with Crippen molar-refractivity contribution in [2.24, 2.45) is 0 Å². The molecule has 0 saturated heterocycles. The first-order valence-corrected chi connectivity index (χ1v) is 8.09. The molecule has 0 saturated carbocycles. The van der Waals surface area contributed by atoms with Gasteiger partial charge < -0.3 is 9.29 Å². The molecule has 136 valence electrons. The Labute approximate surface area is 146 Å². The Kier molecular flexibility index (Phi) is 4.54. The van der Waals surface area contributed by atoms with Crippen molar-refractivity contribution in [2.45, 2.75) is 22.7 Å². The SMILES string of the molecule is N#Cc1cc(F)cc(Oc2ccc3c(c2C(F)F)[S@+]([O-])C(F)(F)[C@H]3F)c1. The molecule has 0 aliphatic carbocycles. The van der Waals surface area contributed by atoms with Gasteiger partial charge in [-0.2, -0.15) is 14.0 Å². The standard InChI is InChI=1S/C16H7F6NO2S/c17-8-3-7(6-23)4-9(5-8)25-11-2-1-10-13(12(11)15(19)20)26(24)16(21,22)14(10)18/h1-5,14-15H/t14-,26-/m0/s1. The predicted molar refractivity (Wildman–Crippen MR) is 77.8 cm³/mol. The van der Waals surface area contributed by atoms with Crippen LogP contribution in [0.3, 0.4) is 0 Å². The Hall–Kier alpha value is -2.38. The summed E-state index contributed by atoms with van der Waals surface area (Å²) in [7, 11) is 0. The van der Waals surface area contributed by atoms with Crippen LogP contribution in [0, 0.1) is 17.1 Å². The van der Waals surface area contributed by atoms with Crippen LogP contribution in [-0.4, -0.2) is 9.81 Å². The summed E-state index contributed by atoms with van der Waals surface area (Å²) in [6.45, 7) is 0. The van der Waals surface area contributed by atoms with E-state index in [1.807, 2.05) is 0 Å². The lowest BCUT2D eigenvalue weighted by atomic mass is 10.1. The van der Waals surface area contributed by atoms with Crippen molar-refractivity contribution < 1.29 is 35.6 Å². The summed E-state index contributed by atoms with van der Waals surface area (Å²) in [5.74, 6) is -1.93. The van der Waals surface area contributed by atoms with Crippen LogP contribution in [0.4, 0.5) is 26.3 Å². The van der Waals surface area contributed by atoms with Gasteiger partial charge in [0.15, 0.2) is 4.90 Å². The highest BCUT2D eigenvalue weighted by molar-refractivity contribution is 7.93. The van der Waals surface area contributed by atoms with Gasteiger partial charge in [-0.3, -0.25) is 0 Å². The summed E-state index contributed by atoms with van der Waals surface area (Å²) >= 11 is -3.34. The van der Waals surface area contributed by atoms with Gasteiger partial charge in [0, 0.05) is 6.07 Å². The van der Waals surface area contributed by atoms with Crippen LogP contribution in [0.1, 0.15) is 29.3 Å². The van der Waals surface area contributed by atoms with Gasteiger partial charge in [-0.15, -0.1) is 0 Å². The second-order valence-electron chi connectivity index (χ2n) is 5.28. The molecule has 2 aromatic rings. The van der Waals surface area contributed by atoms with Crippen LogP contribution in [0.25, 0.3) is 0 Å². The summed E-state index contributed by atoms with van der Waals surface area (Å²) in [6, 6.07) is 5.90. The average Bonchev–Trinajstić information content (AvgIpc) is 2.74. The molecular weight excluding hydrogens is 384 g/mol. The smallest absolute Gasteiger partial charge is 0.447 e. The van der Waals surface area contributed by atoms with Gasteiger partial charge >= 0.3 is 5.25 Å². The number of nitriles is 1. The Morgan fingerprint density at radius 3 is 2.54 bits per heavy atom. The highest BCUT2D eigenvalue weighted by Gasteiger charge is 2.63. The first-order valence-electron chi connectivity index (χ1n) is 6.94. The number of hydrogen-bond donors (Lipinski definition) is 0. The number of fused-ring (bicyclic) bond motifs is 1. The molecule has 10 heteroatoms. The number of halogens is 6. The molecule has 0 radical (unpaired) electrons.